The Morgan fingerprint density at radius 1 is 0.397 bits per heavy atom. The Labute approximate surface area is 357 Å². The van der Waals surface area contributed by atoms with E-state index in [1.54, 1.807) is 0 Å². The molecule has 0 aromatic rings. The number of allylic oxidation sites excluding steroid dienone is 18. The molecule has 0 heterocycles. The summed E-state index contributed by atoms with van der Waals surface area (Å²) in [5, 5.41) is 0. The molecule has 0 aliphatic heterocycles. The zero-order chi connectivity index (χ0) is 42.1. The summed E-state index contributed by atoms with van der Waals surface area (Å²) in [6.07, 6.45) is 65.5. The number of hydrogen-bond acceptors (Lipinski definition) is 5. The molecule has 0 aliphatic carbocycles. The van der Waals surface area contributed by atoms with Crippen LogP contribution in [0.25, 0.3) is 0 Å². The lowest BCUT2D eigenvalue weighted by molar-refractivity contribution is -0.163. The van der Waals surface area contributed by atoms with Crippen LogP contribution in [-0.2, 0) is 23.8 Å². The average molecular weight is 803 g/mol. The van der Waals surface area contributed by atoms with Crippen LogP contribution in [-0.4, -0.2) is 37.9 Å². The summed E-state index contributed by atoms with van der Waals surface area (Å²) in [7, 11) is 0. The number of esters is 2. The topological polar surface area (TPSA) is 61.8 Å². The van der Waals surface area contributed by atoms with E-state index in [-0.39, 0.29) is 25.2 Å². The summed E-state index contributed by atoms with van der Waals surface area (Å²) in [4.78, 5) is 25.1. The highest BCUT2D eigenvalue weighted by atomic mass is 16.6. The van der Waals surface area contributed by atoms with Crippen molar-refractivity contribution in [1.29, 1.82) is 0 Å². The predicted molar refractivity (Wildman–Crippen MR) is 251 cm³/mol. The Morgan fingerprint density at radius 2 is 0.776 bits per heavy atom. The van der Waals surface area contributed by atoms with Crippen LogP contribution in [0.15, 0.2) is 109 Å². The Kier molecular flexibility index (Phi) is 45.1. The molecule has 328 valence electrons. The second-order valence-electron chi connectivity index (χ2n) is 14.9. The third-order valence-electron chi connectivity index (χ3n) is 9.30. The first-order chi connectivity index (χ1) is 28.6. The van der Waals surface area contributed by atoms with Crippen LogP contribution in [0, 0.1) is 0 Å². The SMILES string of the molecule is CC/C=C\C/C=C\C/C=C\C/C=C\C/C=C\CCCCCC(=O)OCC(COCCCCCCC/C=C\C/C=C\C/C=C\C/C=C\CC)OC(=O)CCCCCCC. The van der Waals surface area contributed by atoms with Crippen molar-refractivity contribution in [1.82, 2.24) is 0 Å². The van der Waals surface area contributed by atoms with Gasteiger partial charge in [-0.2, -0.15) is 0 Å². The minimum absolute atomic E-state index is 0.0533. The zero-order valence-electron chi connectivity index (χ0n) is 37.5. The lowest BCUT2D eigenvalue weighted by Crippen LogP contribution is -2.30. The molecule has 0 rings (SSSR count). The van der Waals surface area contributed by atoms with E-state index in [4.69, 9.17) is 14.2 Å². The summed E-state index contributed by atoms with van der Waals surface area (Å²) in [5.41, 5.74) is 0. The molecule has 0 radical (unpaired) electrons. The predicted octanol–water partition coefficient (Wildman–Crippen LogP) is 15.7. The molecule has 0 spiro atoms. The first-order valence-electron chi connectivity index (χ1n) is 23.4. The van der Waals surface area contributed by atoms with E-state index in [1.165, 1.54) is 32.1 Å². The highest BCUT2D eigenvalue weighted by molar-refractivity contribution is 5.70. The minimum Gasteiger partial charge on any atom is -0.462 e. The lowest BCUT2D eigenvalue weighted by Gasteiger charge is -2.18. The molecule has 0 saturated heterocycles. The van der Waals surface area contributed by atoms with E-state index in [1.807, 2.05) is 0 Å². The molecule has 0 aromatic carbocycles. The van der Waals surface area contributed by atoms with E-state index in [9.17, 15) is 9.59 Å². The molecule has 0 aliphatic rings. The largest absolute Gasteiger partial charge is 0.462 e. The smallest absolute Gasteiger partial charge is 0.306 e. The molecule has 0 aromatic heterocycles. The molecule has 0 amide bonds. The van der Waals surface area contributed by atoms with E-state index >= 15 is 0 Å². The summed E-state index contributed by atoms with van der Waals surface area (Å²) in [6.45, 7) is 7.43. The Bertz CT molecular complexity index is 1180. The van der Waals surface area contributed by atoms with Crippen molar-refractivity contribution >= 4 is 11.9 Å². The van der Waals surface area contributed by atoms with Gasteiger partial charge >= 0.3 is 11.9 Å². The third-order valence-corrected chi connectivity index (χ3v) is 9.30. The molecule has 0 bridgehead atoms. The molecule has 58 heavy (non-hydrogen) atoms. The maximum Gasteiger partial charge on any atom is 0.306 e. The highest BCUT2D eigenvalue weighted by Crippen LogP contribution is 2.11. The van der Waals surface area contributed by atoms with Gasteiger partial charge in [-0.3, -0.25) is 9.59 Å². The van der Waals surface area contributed by atoms with Gasteiger partial charge < -0.3 is 14.2 Å². The molecule has 0 saturated carbocycles. The summed E-state index contributed by atoms with van der Waals surface area (Å²) < 4.78 is 17.2. The van der Waals surface area contributed by atoms with Gasteiger partial charge in [0, 0.05) is 19.4 Å². The van der Waals surface area contributed by atoms with Gasteiger partial charge in [0.15, 0.2) is 6.10 Å². The highest BCUT2D eigenvalue weighted by Gasteiger charge is 2.17. The fourth-order valence-corrected chi connectivity index (χ4v) is 5.88. The maximum absolute atomic E-state index is 12.6. The third kappa shape index (κ3) is 45.3. The lowest BCUT2D eigenvalue weighted by atomic mass is 10.1. The van der Waals surface area contributed by atoms with Gasteiger partial charge in [-0.25, -0.2) is 0 Å². The van der Waals surface area contributed by atoms with Crippen LogP contribution < -0.4 is 0 Å². The summed E-state index contributed by atoms with van der Waals surface area (Å²) in [6, 6.07) is 0. The average Bonchev–Trinajstić information content (AvgIpc) is 3.22. The van der Waals surface area contributed by atoms with E-state index < -0.39 is 6.10 Å². The van der Waals surface area contributed by atoms with Crippen LogP contribution in [0.3, 0.4) is 0 Å². The second-order valence-corrected chi connectivity index (χ2v) is 14.9. The van der Waals surface area contributed by atoms with Crippen LogP contribution in [0.5, 0.6) is 0 Å². The second kappa shape index (κ2) is 47.9. The normalized spacial score (nSPS) is 13.2. The molecular formula is C53H86O5. The van der Waals surface area contributed by atoms with Gasteiger partial charge in [-0.05, 0) is 103 Å². The minimum atomic E-state index is -0.562. The maximum atomic E-state index is 12.6. The van der Waals surface area contributed by atoms with Crippen molar-refractivity contribution in [3.8, 4) is 0 Å². The van der Waals surface area contributed by atoms with Crippen LogP contribution in [0.2, 0.25) is 0 Å². The molecular weight excluding hydrogens is 717 g/mol. The molecule has 1 unspecified atom stereocenters. The van der Waals surface area contributed by atoms with Crippen LogP contribution >= 0.6 is 0 Å². The summed E-state index contributed by atoms with van der Waals surface area (Å²) in [5.74, 6) is -0.467. The van der Waals surface area contributed by atoms with Gasteiger partial charge in [-0.15, -0.1) is 0 Å². The molecule has 0 fully saturated rings. The van der Waals surface area contributed by atoms with Crippen molar-refractivity contribution < 1.29 is 23.8 Å². The zero-order valence-corrected chi connectivity index (χ0v) is 37.5. The van der Waals surface area contributed by atoms with Gasteiger partial charge in [0.1, 0.15) is 6.61 Å². The Hall–Kier alpha value is -3.44. The fraction of sp³-hybridized carbons (Fsp3) is 0.623. The van der Waals surface area contributed by atoms with Crippen molar-refractivity contribution in [3.63, 3.8) is 0 Å². The van der Waals surface area contributed by atoms with Crippen molar-refractivity contribution in [2.24, 2.45) is 0 Å². The van der Waals surface area contributed by atoms with Gasteiger partial charge in [0.25, 0.3) is 0 Å². The summed E-state index contributed by atoms with van der Waals surface area (Å²) >= 11 is 0. The molecule has 5 nitrogen and oxygen atoms in total. The number of ether oxygens (including phenoxy) is 3. The number of carbonyl (C=O) groups is 2. The van der Waals surface area contributed by atoms with E-state index in [2.05, 4.69) is 130 Å². The fourth-order valence-electron chi connectivity index (χ4n) is 5.88. The van der Waals surface area contributed by atoms with Crippen LogP contribution in [0.4, 0.5) is 0 Å². The van der Waals surface area contributed by atoms with Crippen molar-refractivity contribution in [2.45, 2.75) is 194 Å². The number of unbranched alkanes of at least 4 members (excludes halogenated alkanes) is 12. The Morgan fingerprint density at radius 3 is 1.26 bits per heavy atom. The van der Waals surface area contributed by atoms with Gasteiger partial charge in [0.05, 0.1) is 6.61 Å². The van der Waals surface area contributed by atoms with Gasteiger partial charge in [-0.1, -0.05) is 182 Å². The van der Waals surface area contributed by atoms with E-state index in [0.29, 0.717) is 19.4 Å². The monoisotopic (exact) mass is 803 g/mol. The number of rotatable bonds is 41. The number of hydrogen-bond donors (Lipinski definition) is 0. The van der Waals surface area contributed by atoms with Crippen molar-refractivity contribution in [3.05, 3.63) is 109 Å². The van der Waals surface area contributed by atoms with Crippen LogP contribution in [0.1, 0.15) is 188 Å². The molecule has 0 N–H and O–H groups in total. The van der Waals surface area contributed by atoms with E-state index in [0.717, 1.165) is 122 Å². The standard InChI is InChI=1S/C53H86O5/c1-4-7-10-13-15-17-19-21-23-25-27-28-30-32-34-36-38-41-43-46-52(54)57-50-51(58-53(55)47-44-40-12-9-6-3)49-56-48-45-42-39-37-35-33-31-29-26-24-22-20-18-16-14-11-8-5-2/h7-8,10-11,15-18,21-24,27-29,31-32,34,51H,4-6,9,12-14,19-20,25-26,30,33,35-50H2,1-3H3/b10-7-,11-8-,17-15-,18-16-,23-21-,24-22-,28-27-,31-29-,34-32-. The van der Waals surface area contributed by atoms with Gasteiger partial charge in [0.2, 0.25) is 0 Å². The van der Waals surface area contributed by atoms with Crippen molar-refractivity contribution in [2.75, 3.05) is 19.8 Å². The first kappa shape index (κ1) is 54.6. The first-order valence-corrected chi connectivity index (χ1v) is 23.4. The number of carbonyl (C=O) groups excluding carboxylic acids is 2. The quantitative estimate of drug-likeness (QED) is 0.0350. The molecule has 5 heteroatoms. The Balaban J connectivity index is 4.18. The molecule has 1 atom stereocenters.